The second-order valence-corrected chi connectivity index (χ2v) is 5.71. The number of H-pyrrole nitrogens is 1. The van der Waals surface area contributed by atoms with Crippen LogP contribution in [0.2, 0.25) is 0 Å². The molecule has 0 aliphatic rings. The number of hydrogen-bond acceptors (Lipinski definition) is 4. The minimum absolute atomic E-state index is 0.476. The van der Waals surface area contributed by atoms with E-state index in [0.717, 1.165) is 52.4 Å². The zero-order valence-corrected chi connectivity index (χ0v) is 13.0. The molecule has 0 fully saturated rings. The Morgan fingerprint density at radius 2 is 2.13 bits per heavy atom. The molecule has 0 saturated heterocycles. The van der Waals surface area contributed by atoms with Gasteiger partial charge in [-0.05, 0) is 18.6 Å². The van der Waals surface area contributed by atoms with E-state index in [1.54, 1.807) is 6.20 Å². The van der Waals surface area contributed by atoms with Crippen LogP contribution in [0.25, 0.3) is 33.1 Å². The van der Waals surface area contributed by atoms with Crippen molar-refractivity contribution < 1.29 is 0 Å². The predicted molar refractivity (Wildman–Crippen MR) is 91.9 cm³/mol. The molecule has 0 aliphatic carbocycles. The quantitative estimate of drug-likeness (QED) is 0.605. The number of hydrogen-bond donors (Lipinski definition) is 2. The smallest absolute Gasteiger partial charge is 0.152 e. The van der Waals surface area contributed by atoms with Gasteiger partial charge in [-0.1, -0.05) is 25.5 Å². The molecule has 4 rings (SSSR count). The molecule has 3 aromatic heterocycles. The first-order valence-corrected chi connectivity index (χ1v) is 7.82. The standard InChI is InChI=1S/C17H18N6/c1-2-3-8-23-10-13-12-5-4-11(14-6-7-19-21-14)9-15(12)20-17(18)16(13)22-23/h4-7,9-10H,2-3,8H2,1H3,(H2,18,20)(H,19,21). The summed E-state index contributed by atoms with van der Waals surface area (Å²) in [7, 11) is 0. The summed E-state index contributed by atoms with van der Waals surface area (Å²) in [6.45, 7) is 3.07. The van der Waals surface area contributed by atoms with Crippen LogP contribution in [0.4, 0.5) is 5.82 Å². The van der Waals surface area contributed by atoms with E-state index in [4.69, 9.17) is 5.73 Å². The number of aryl methyl sites for hydroxylation is 1. The first kappa shape index (κ1) is 13.8. The molecular formula is C17H18N6. The number of nitrogens with one attached hydrogen (secondary N) is 1. The average molecular weight is 306 g/mol. The number of aromatic nitrogens is 5. The maximum Gasteiger partial charge on any atom is 0.152 e. The van der Waals surface area contributed by atoms with Crippen LogP contribution in [0.3, 0.4) is 0 Å². The van der Waals surface area contributed by atoms with Gasteiger partial charge >= 0.3 is 0 Å². The topological polar surface area (TPSA) is 85.4 Å². The van der Waals surface area contributed by atoms with Crippen molar-refractivity contribution in [3.63, 3.8) is 0 Å². The minimum atomic E-state index is 0.476. The van der Waals surface area contributed by atoms with Crippen LogP contribution in [0.15, 0.2) is 36.7 Å². The van der Waals surface area contributed by atoms with Gasteiger partial charge in [-0.2, -0.15) is 10.2 Å². The lowest BCUT2D eigenvalue weighted by molar-refractivity contribution is 0.577. The van der Waals surface area contributed by atoms with E-state index < -0.39 is 0 Å². The fourth-order valence-electron chi connectivity index (χ4n) is 2.86. The van der Waals surface area contributed by atoms with Crippen LogP contribution in [-0.2, 0) is 6.54 Å². The van der Waals surface area contributed by atoms with E-state index in [-0.39, 0.29) is 0 Å². The lowest BCUT2D eigenvalue weighted by Gasteiger charge is -2.03. The van der Waals surface area contributed by atoms with Crippen molar-refractivity contribution in [2.45, 2.75) is 26.3 Å². The highest BCUT2D eigenvalue weighted by molar-refractivity contribution is 6.08. The van der Waals surface area contributed by atoms with Crippen molar-refractivity contribution in [2.75, 3.05) is 5.73 Å². The lowest BCUT2D eigenvalue weighted by atomic mass is 10.1. The maximum absolute atomic E-state index is 6.13. The van der Waals surface area contributed by atoms with E-state index >= 15 is 0 Å². The SMILES string of the molecule is CCCCn1cc2c(n1)c(N)nc1cc(-c3ccn[nH]3)ccc12. The number of nitrogens with two attached hydrogens (primary N) is 1. The molecule has 0 unspecified atom stereocenters. The van der Waals surface area contributed by atoms with Gasteiger partial charge < -0.3 is 5.73 Å². The van der Waals surface area contributed by atoms with Crippen LogP contribution in [0.1, 0.15) is 19.8 Å². The van der Waals surface area contributed by atoms with Crippen molar-refractivity contribution in [1.82, 2.24) is 25.0 Å². The first-order valence-electron chi connectivity index (χ1n) is 7.82. The molecular weight excluding hydrogens is 288 g/mol. The van der Waals surface area contributed by atoms with Gasteiger partial charge in [0, 0.05) is 35.3 Å². The molecule has 6 nitrogen and oxygen atoms in total. The molecule has 0 atom stereocenters. The van der Waals surface area contributed by atoms with Gasteiger partial charge in [0.05, 0.1) is 11.2 Å². The third kappa shape index (κ3) is 2.32. The number of aromatic amines is 1. The Balaban J connectivity index is 1.89. The summed E-state index contributed by atoms with van der Waals surface area (Å²) < 4.78 is 1.97. The molecule has 0 bridgehead atoms. The number of pyridine rings is 1. The van der Waals surface area contributed by atoms with E-state index in [2.05, 4.69) is 45.5 Å². The van der Waals surface area contributed by atoms with Gasteiger partial charge in [-0.15, -0.1) is 0 Å². The Labute approximate surface area is 133 Å². The van der Waals surface area contributed by atoms with Crippen molar-refractivity contribution in [3.8, 4) is 11.3 Å². The van der Waals surface area contributed by atoms with Gasteiger partial charge in [-0.3, -0.25) is 9.78 Å². The molecule has 116 valence electrons. The number of rotatable bonds is 4. The molecule has 0 radical (unpaired) electrons. The number of nitrogens with zero attached hydrogens (tertiary/aromatic N) is 4. The summed E-state index contributed by atoms with van der Waals surface area (Å²) in [5.41, 5.74) is 9.78. The summed E-state index contributed by atoms with van der Waals surface area (Å²) in [5.74, 6) is 0.476. The Bertz CT molecular complexity index is 968. The average Bonchev–Trinajstić information content (AvgIpc) is 3.22. The van der Waals surface area contributed by atoms with Crippen molar-refractivity contribution in [3.05, 3.63) is 36.7 Å². The maximum atomic E-state index is 6.13. The van der Waals surface area contributed by atoms with Crippen LogP contribution < -0.4 is 5.73 Å². The molecule has 0 saturated carbocycles. The molecule has 0 amide bonds. The second kappa shape index (κ2) is 5.39. The van der Waals surface area contributed by atoms with Crippen molar-refractivity contribution in [2.24, 2.45) is 0 Å². The molecule has 0 spiro atoms. The summed E-state index contributed by atoms with van der Waals surface area (Å²) >= 11 is 0. The van der Waals surface area contributed by atoms with Crippen LogP contribution >= 0.6 is 0 Å². The molecule has 0 aliphatic heterocycles. The van der Waals surface area contributed by atoms with E-state index in [1.165, 1.54) is 0 Å². The summed E-state index contributed by atoms with van der Waals surface area (Å²) in [6, 6.07) is 8.11. The number of fused-ring (bicyclic) bond motifs is 3. The minimum Gasteiger partial charge on any atom is -0.382 e. The third-order valence-corrected chi connectivity index (χ3v) is 4.09. The van der Waals surface area contributed by atoms with Gasteiger partial charge in [0.1, 0.15) is 5.52 Å². The Kier molecular flexibility index (Phi) is 3.22. The van der Waals surface area contributed by atoms with Crippen LogP contribution in [0, 0.1) is 0 Å². The van der Waals surface area contributed by atoms with Crippen molar-refractivity contribution >= 4 is 27.6 Å². The summed E-state index contributed by atoms with van der Waals surface area (Å²) in [6.07, 6.45) is 6.05. The van der Waals surface area contributed by atoms with E-state index in [9.17, 15) is 0 Å². The highest BCUT2D eigenvalue weighted by atomic mass is 15.3. The van der Waals surface area contributed by atoms with Crippen molar-refractivity contribution in [1.29, 1.82) is 0 Å². The van der Waals surface area contributed by atoms with Gasteiger partial charge in [0.15, 0.2) is 5.82 Å². The molecule has 1 aromatic carbocycles. The third-order valence-electron chi connectivity index (χ3n) is 4.09. The fraction of sp³-hybridized carbons (Fsp3) is 0.235. The Morgan fingerprint density at radius 1 is 1.22 bits per heavy atom. The van der Waals surface area contributed by atoms with Gasteiger partial charge in [-0.25, -0.2) is 4.98 Å². The molecule has 3 N–H and O–H groups in total. The number of benzene rings is 1. The molecule has 4 aromatic rings. The predicted octanol–water partition coefficient (Wildman–Crippen LogP) is 3.36. The van der Waals surface area contributed by atoms with Gasteiger partial charge in [0.2, 0.25) is 0 Å². The zero-order valence-electron chi connectivity index (χ0n) is 13.0. The summed E-state index contributed by atoms with van der Waals surface area (Å²) in [5, 5.41) is 13.7. The molecule has 6 heteroatoms. The largest absolute Gasteiger partial charge is 0.382 e. The highest BCUT2D eigenvalue weighted by Gasteiger charge is 2.11. The molecule has 23 heavy (non-hydrogen) atoms. The first-order chi connectivity index (χ1) is 11.3. The fourth-order valence-corrected chi connectivity index (χ4v) is 2.86. The lowest BCUT2D eigenvalue weighted by Crippen LogP contribution is -1.98. The number of anilines is 1. The molecule has 3 heterocycles. The number of unbranched alkanes of at least 4 members (excludes halogenated alkanes) is 1. The highest BCUT2D eigenvalue weighted by Crippen LogP contribution is 2.29. The zero-order chi connectivity index (χ0) is 15.8. The Morgan fingerprint density at radius 3 is 2.91 bits per heavy atom. The van der Waals surface area contributed by atoms with E-state index in [0.29, 0.717) is 5.82 Å². The number of nitrogen functional groups attached to an aromatic ring is 1. The van der Waals surface area contributed by atoms with E-state index in [1.807, 2.05) is 16.8 Å². The van der Waals surface area contributed by atoms with Crippen LogP contribution in [0.5, 0.6) is 0 Å². The Hall–Kier alpha value is -2.89. The normalized spacial score (nSPS) is 11.5. The van der Waals surface area contributed by atoms with Gasteiger partial charge in [0.25, 0.3) is 0 Å². The second-order valence-electron chi connectivity index (χ2n) is 5.71. The monoisotopic (exact) mass is 306 g/mol. The van der Waals surface area contributed by atoms with Crippen LogP contribution in [-0.4, -0.2) is 25.0 Å². The summed E-state index contributed by atoms with van der Waals surface area (Å²) in [4.78, 5) is 4.54.